The van der Waals surface area contributed by atoms with Crippen LogP contribution in [0.3, 0.4) is 0 Å². The second-order valence-corrected chi connectivity index (χ2v) is 8.85. The van der Waals surface area contributed by atoms with E-state index >= 15 is 0 Å². The maximum atomic E-state index is 12.2. The highest BCUT2D eigenvalue weighted by atomic mass is 16.1. The monoisotopic (exact) mass is 342 g/mol. The van der Waals surface area contributed by atoms with Crippen molar-refractivity contribution in [2.75, 3.05) is 39.3 Å². The van der Waals surface area contributed by atoms with Crippen molar-refractivity contribution in [3.63, 3.8) is 0 Å². The van der Waals surface area contributed by atoms with Gasteiger partial charge in [0.2, 0.25) is 0 Å². The summed E-state index contributed by atoms with van der Waals surface area (Å²) < 4.78 is 2.04. The molecule has 6 atom stereocenters. The Kier molecular flexibility index (Phi) is 3.99. The second kappa shape index (κ2) is 6.22. The summed E-state index contributed by atoms with van der Waals surface area (Å²) in [6.45, 7) is 7.77. The number of fused-ring (bicyclic) bond motifs is 7. The lowest BCUT2D eigenvalue weighted by Crippen LogP contribution is -2.58. The van der Waals surface area contributed by atoms with Crippen molar-refractivity contribution < 1.29 is 0 Å². The Morgan fingerprint density at radius 2 is 2.04 bits per heavy atom. The zero-order valence-electron chi connectivity index (χ0n) is 15.0. The molecular formula is C20H30N4O. The minimum Gasteiger partial charge on any atom is -0.329 e. The molecule has 2 N–H and O–H groups in total. The van der Waals surface area contributed by atoms with Crippen LogP contribution in [0.4, 0.5) is 0 Å². The summed E-state index contributed by atoms with van der Waals surface area (Å²) in [4.78, 5) is 17.5. The summed E-state index contributed by atoms with van der Waals surface area (Å²) in [6, 6.07) is 6.46. The molecule has 0 spiro atoms. The van der Waals surface area contributed by atoms with Gasteiger partial charge in [0, 0.05) is 63.0 Å². The van der Waals surface area contributed by atoms with Crippen LogP contribution in [-0.4, -0.2) is 59.7 Å². The fourth-order valence-corrected chi connectivity index (χ4v) is 6.18. The highest BCUT2D eigenvalue weighted by Crippen LogP contribution is 2.39. The van der Waals surface area contributed by atoms with Crippen molar-refractivity contribution in [2.45, 2.75) is 37.8 Å². The fraction of sp³-hybridized carbons (Fsp3) is 0.750. The van der Waals surface area contributed by atoms with Gasteiger partial charge in [0.05, 0.1) is 0 Å². The van der Waals surface area contributed by atoms with Gasteiger partial charge in [0.25, 0.3) is 5.56 Å². The summed E-state index contributed by atoms with van der Waals surface area (Å²) in [5.74, 6) is 2.87. The molecule has 1 aromatic rings. The van der Waals surface area contributed by atoms with Crippen LogP contribution >= 0.6 is 0 Å². The molecule has 0 amide bonds. The third-order valence-corrected chi connectivity index (χ3v) is 7.33. The van der Waals surface area contributed by atoms with Gasteiger partial charge < -0.3 is 15.2 Å². The molecule has 5 aliphatic heterocycles. The van der Waals surface area contributed by atoms with Gasteiger partial charge in [-0.15, -0.1) is 0 Å². The van der Waals surface area contributed by atoms with Crippen molar-refractivity contribution in [1.29, 1.82) is 0 Å². The van der Waals surface area contributed by atoms with Crippen molar-refractivity contribution in [1.82, 2.24) is 14.4 Å². The molecule has 5 nitrogen and oxygen atoms in total. The standard InChI is InChI=1S/C20H30N4O/c21-8-18-7-15-4-5-23(18)13-17(15)12-22-9-14-6-16(11-22)19-2-1-3-20(25)24(19)10-14/h1-3,14-18H,4-13,21H2/t14-,15+,16-,17-,18-/m1/s1. The van der Waals surface area contributed by atoms with Crippen molar-refractivity contribution in [2.24, 2.45) is 23.5 Å². The van der Waals surface area contributed by atoms with E-state index in [0.29, 0.717) is 17.9 Å². The van der Waals surface area contributed by atoms with Gasteiger partial charge >= 0.3 is 0 Å². The van der Waals surface area contributed by atoms with E-state index in [9.17, 15) is 4.79 Å². The number of aromatic nitrogens is 1. The van der Waals surface area contributed by atoms with E-state index in [4.69, 9.17) is 5.73 Å². The Bertz CT molecular complexity index is 701. The molecule has 1 unspecified atom stereocenters. The average Bonchev–Trinajstić information content (AvgIpc) is 2.63. The molecule has 6 heterocycles. The maximum absolute atomic E-state index is 12.2. The first-order valence-electron chi connectivity index (χ1n) is 10.1. The van der Waals surface area contributed by atoms with Crippen LogP contribution in [0, 0.1) is 17.8 Å². The van der Waals surface area contributed by atoms with E-state index in [1.54, 1.807) is 6.07 Å². The van der Waals surface area contributed by atoms with E-state index in [1.165, 1.54) is 51.1 Å². The van der Waals surface area contributed by atoms with Gasteiger partial charge in [0.1, 0.15) is 0 Å². The highest BCUT2D eigenvalue weighted by molar-refractivity contribution is 5.17. The molecule has 0 aromatic carbocycles. The molecule has 0 saturated carbocycles. The zero-order chi connectivity index (χ0) is 17.0. The number of pyridine rings is 1. The van der Waals surface area contributed by atoms with Gasteiger partial charge in [-0.2, -0.15) is 0 Å². The lowest BCUT2D eigenvalue weighted by Gasteiger charge is -2.52. The number of nitrogens with zero attached hydrogens (tertiary/aromatic N) is 3. The van der Waals surface area contributed by atoms with Crippen LogP contribution in [0.15, 0.2) is 23.0 Å². The highest BCUT2D eigenvalue weighted by Gasteiger charge is 2.41. The Labute approximate surface area is 149 Å². The van der Waals surface area contributed by atoms with Crippen LogP contribution < -0.4 is 11.3 Å². The first-order chi connectivity index (χ1) is 12.2. The first-order valence-corrected chi connectivity index (χ1v) is 10.1. The summed E-state index contributed by atoms with van der Waals surface area (Å²) in [6.07, 6.45) is 3.93. The Balaban J connectivity index is 1.29. The van der Waals surface area contributed by atoms with Gasteiger partial charge in [-0.1, -0.05) is 6.07 Å². The van der Waals surface area contributed by atoms with Crippen LogP contribution in [0.25, 0.3) is 0 Å². The van der Waals surface area contributed by atoms with Crippen LogP contribution in [0.5, 0.6) is 0 Å². The lowest BCUT2D eigenvalue weighted by atomic mass is 9.74. The third kappa shape index (κ3) is 2.77. The summed E-state index contributed by atoms with van der Waals surface area (Å²) in [5.41, 5.74) is 7.41. The normalized spacial score (nSPS) is 40.0. The topological polar surface area (TPSA) is 54.5 Å². The molecule has 4 bridgehead atoms. The van der Waals surface area contributed by atoms with Crippen LogP contribution in [0.1, 0.15) is 30.9 Å². The number of piperidine rings is 4. The van der Waals surface area contributed by atoms with Gasteiger partial charge in [-0.25, -0.2) is 0 Å². The van der Waals surface area contributed by atoms with Gasteiger partial charge in [0.15, 0.2) is 0 Å². The molecule has 4 saturated heterocycles. The Morgan fingerprint density at radius 3 is 2.84 bits per heavy atom. The Hall–Kier alpha value is -1.17. The molecule has 5 aliphatic rings. The third-order valence-electron chi connectivity index (χ3n) is 7.33. The van der Waals surface area contributed by atoms with E-state index in [1.807, 2.05) is 10.6 Å². The van der Waals surface area contributed by atoms with Gasteiger partial charge in [-0.05, 0) is 49.6 Å². The first kappa shape index (κ1) is 16.0. The van der Waals surface area contributed by atoms with E-state index in [0.717, 1.165) is 31.5 Å². The van der Waals surface area contributed by atoms with Crippen molar-refractivity contribution >= 4 is 0 Å². The zero-order valence-corrected chi connectivity index (χ0v) is 15.0. The van der Waals surface area contributed by atoms with E-state index < -0.39 is 0 Å². The minimum atomic E-state index is 0.186. The largest absolute Gasteiger partial charge is 0.329 e. The fourth-order valence-electron chi connectivity index (χ4n) is 6.18. The summed E-state index contributed by atoms with van der Waals surface area (Å²) in [7, 11) is 0. The second-order valence-electron chi connectivity index (χ2n) is 8.85. The molecule has 4 fully saturated rings. The molecule has 136 valence electrons. The SMILES string of the molecule is NC[C@H]1C[C@@H]2CCN1C[C@H]2CN1C[C@H]2C[C@H](C1)c1cccc(=O)n1C2. The molecule has 5 heteroatoms. The quantitative estimate of drug-likeness (QED) is 0.888. The van der Waals surface area contributed by atoms with Gasteiger partial charge in [-0.3, -0.25) is 9.69 Å². The van der Waals surface area contributed by atoms with Crippen LogP contribution in [0.2, 0.25) is 0 Å². The van der Waals surface area contributed by atoms with E-state index in [2.05, 4.69) is 15.9 Å². The molecule has 25 heavy (non-hydrogen) atoms. The summed E-state index contributed by atoms with van der Waals surface area (Å²) >= 11 is 0. The number of hydrogen-bond donors (Lipinski definition) is 1. The van der Waals surface area contributed by atoms with E-state index in [-0.39, 0.29) is 5.56 Å². The smallest absolute Gasteiger partial charge is 0.250 e. The predicted molar refractivity (Wildman–Crippen MR) is 98.6 cm³/mol. The average molecular weight is 342 g/mol. The molecule has 0 aliphatic carbocycles. The number of hydrogen-bond acceptors (Lipinski definition) is 4. The van der Waals surface area contributed by atoms with Crippen molar-refractivity contribution in [3.8, 4) is 0 Å². The predicted octanol–water partition coefficient (Wildman–Crippen LogP) is 0.937. The van der Waals surface area contributed by atoms with Crippen LogP contribution in [-0.2, 0) is 6.54 Å². The molecule has 1 aromatic heterocycles. The molecule has 0 radical (unpaired) electrons. The number of rotatable bonds is 3. The molecule has 6 rings (SSSR count). The maximum Gasteiger partial charge on any atom is 0.250 e. The number of nitrogens with two attached hydrogens (primary N) is 1. The Morgan fingerprint density at radius 1 is 1.12 bits per heavy atom. The minimum absolute atomic E-state index is 0.186. The number of likely N-dealkylation sites (tertiary alicyclic amines) is 1. The molecular weight excluding hydrogens is 312 g/mol. The lowest BCUT2D eigenvalue weighted by molar-refractivity contribution is -0.0177. The van der Waals surface area contributed by atoms with Crippen molar-refractivity contribution in [3.05, 3.63) is 34.2 Å². The summed E-state index contributed by atoms with van der Waals surface area (Å²) in [5, 5.41) is 0.